The lowest BCUT2D eigenvalue weighted by atomic mass is 10.3. The maximum atomic E-state index is 12.5. The molecule has 100 valence electrons. The van der Waals surface area contributed by atoms with Crippen LogP contribution < -0.4 is 5.32 Å². The maximum Gasteiger partial charge on any atom is 0.282 e. The monoisotopic (exact) mass is 265 g/mol. The summed E-state index contributed by atoms with van der Waals surface area (Å²) >= 11 is 0. The average Bonchev–Trinajstić information content (AvgIpc) is 2.72. The van der Waals surface area contributed by atoms with Gasteiger partial charge in [0.05, 0.1) is 0 Å². The van der Waals surface area contributed by atoms with Crippen LogP contribution in [-0.4, -0.2) is 15.7 Å². The molecule has 0 radical (unpaired) electrons. The molecule has 0 unspecified atom stereocenters. The number of benzene rings is 1. The van der Waals surface area contributed by atoms with Crippen LogP contribution in [0.2, 0.25) is 0 Å². The third-order valence-electron chi connectivity index (χ3n) is 2.57. The number of aryl methyl sites for hydroxylation is 1. The van der Waals surface area contributed by atoms with E-state index in [-0.39, 0.29) is 18.1 Å². The van der Waals surface area contributed by atoms with E-state index in [0.29, 0.717) is 11.4 Å². The third-order valence-corrected chi connectivity index (χ3v) is 2.57. The lowest BCUT2D eigenvalue weighted by molar-refractivity contribution is -0.117. The normalized spacial score (nSPS) is 10.7. The Bertz CT molecular complexity index is 567. The Balaban J connectivity index is 2.03. The molecular weight excluding hydrogens is 252 g/mol. The van der Waals surface area contributed by atoms with E-state index in [2.05, 4.69) is 10.4 Å². The van der Waals surface area contributed by atoms with Crippen molar-refractivity contribution in [1.29, 1.82) is 0 Å². The number of alkyl halides is 2. The van der Waals surface area contributed by atoms with Crippen LogP contribution in [0.5, 0.6) is 0 Å². The van der Waals surface area contributed by atoms with Crippen molar-refractivity contribution in [3.05, 3.63) is 47.8 Å². The van der Waals surface area contributed by atoms with E-state index in [1.54, 1.807) is 31.2 Å². The quantitative estimate of drug-likeness (QED) is 0.924. The average molecular weight is 265 g/mol. The van der Waals surface area contributed by atoms with Crippen LogP contribution in [0.4, 0.5) is 14.5 Å². The first-order valence-electron chi connectivity index (χ1n) is 5.73. The number of hydrogen-bond donors (Lipinski definition) is 1. The summed E-state index contributed by atoms with van der Waals surface area (Å²) in [6.07, 6.45) is -2.63. The smallest absolute Gasteiger partial charge is 0.282 e. The van der Waals surface area contributed by atoms with Gasteiger partial charge in [-0.05, 0) is 25.1 Å². The molecule has 0 aliphatic carbocycles. The standard InChI is InChI=1S/C13H13F2N3O/c1-9-7-11(13(14)15)17-18(9)8-12(19)16-10-5-3-2-4-6-10/h2-7,13H,8H2,1H3,(H,16,19). The second kappa shape index (κ2) is 5.60. The molecule has 0 saturated heterocycles. The molecule has 1 aromatic carbocycles. The van der Waals surface area contributed by atoms with E-state index in [9.17, 15) is 13.6 Å². The molecule has 0 aliphatic heterocycles. The van der Waals surface area contributed by atoms with Gasteiger partial charge in [-0.1, -0.05) is 18.2 Å². The molecule has 0 atom stereocenters. The predicted molar refractivity (Wildman–Crippen MR) is 67.0 cm³/mol. The lowest BCUT2D eigenvalue weighted by Gasteiger charge is -2.06. The molecule has 1 aromatic heterocycles. The summed E-state index contributed by atoms with van der Waals surface area (Å²) in [5, 5.41) is 6.37. The molecule has 0 spiro atoms. The Morgan fingerprint density at radius 1 is 1.37 bits per heavy atom. The highest BCUT2D eigenvalue weighted by Gasteiger charge is 2.14. The van der Waals surface area contributed by atoms with Crippen LogP contribution in [-0.2, 0) is 11.3 Å². The van der Waals surface area contributed by atoms with Crippen molar-refractivity contribution in [3.63, 3.8) is 0 Å². The molecule has 6 heteroatoms. The minimum atomic E-state index is -2.63. The van der Waals surface area contributed by atoms with Crippen LogP contribution in [0.1, 0.15) is 17.8 Å². The number of anilines is 1. The van der Waals surface area contributed by atoms with E-state index in [1.165, 1.54) is 10.7 Å². The number of amides is 1. The summed E-state index contributed by atoms with van der Waals surface area (Å²) in [7, 11) is 0. The molecule has 0 fully saturated rings. The van der Waals surface area contributed by atoms with Gasteiger partial charge < -0.3 is 5.32 Å². The number of halogens is 2. The van der Waals surface area contributed by atoms with Gasteiger partial charge >= 0.3 is 0 Å². The van der Waals surface area contributed by atoms with Crippen molar-refractivity contribution in [2.45, 2.75) is 19.9 Å². The van der Waals surface area contributed by atoms with Gasteiger partial charge in [0.1, 0.15) is 12.2 Å². The highest BCUT2D eigenvalue weighted by Crippen LogP contribution is 2.17. The number of hydrogen-bond acceptors (Lipinski definition) is 2. The van der Waals surface area contributed by atoms with E-state index in [0.717, 1.165) is 0 Å². The summed E-state index contributed by atoms with van der Waals surface area (Å²) in [5.41, 5.74) is 0.870. The number of nitrogens with zero attached hydrogens (tertiary/aromatic N) is 2. The van der Waals surface area contributed by atoms with Crippen LogP contribution >= 0.6 is 0 Å². The summed E-state index contributed by atoms with van der Waals surface area (Å²) in [6.45, 7) is 1.54. The van der Waals surface area contributed by atoms with Gasteiger partial charge in [0.25, 0.3) is 6.43 Å². The van der Waals surface area contributed by atoms with Crippen molar-refractivity contribution < 1.29 is 13.6 Å². The minimum Gasteiger partial charge on any atom is -0.324 e. The molecule has 0 saturated carbocycles. The van der Waals surface area contributed by atoms with Crippen molar-refractivity contribution in [2.24, 2.45) is 0 Å². The molecule has 2 rings (SSSR count). The molecule has 1 heterocycles. The zero-order valence-electron chi connectivity index (χ0n) is 10.3. The third kappa shape index (κ3) is 3.37. The van der Waals surface area contributed by atoms with E-state index in [4.69, 9.17) is 0 Å². The van der Waals surface area contributed by atoms with Crippen molar-refractivity contribution in [1.82, 2.24) is 9.78 Å². The van der Waals surface area contributed by atoms with Crippen LogP contribution in [0.15, 0.2) is 36.4 Å². The molecule has 0 bridgehead atoms. The van der Waals surface area contributed by atoms with Gasteiger partial charge in [0.15, 0.2) is 0 Å². The number of rotatable bonds is 4. The van der Waals surface area contributed by atoms with Crippen molar-refractivity contribution in [3.8, 4) is 0 Å². The highest BCUT2D eigenvalue weighted by molar-refractivity contribution is 5.90. The second-order valence-corrected chi connectivity index (χ2v) is 4.08. The fourth-order valence-corrected chi connectivity index (χ4v) is 1.66. The Morgan fingerprint density at radius 3 is 2.63 bits per heavy atom. The summed E-state index contributed by atoms with van der Waals surface area (Å²) in [5.74, 6) is -0.307. The van der Waals surface area contributed by atoms with Crippen molar-refractivity contribution >= 4 is 11.6 Å². The van der Waals surface area contributed by atoms with Crippen LogP contribution in [0, 0.1) is 6.92 Å². The van der Waals surface area contributed by atoms with E-state index >= 15 is 0 Å². The minimum absolute atomic E-state index is 0.0898. The van der Waals surface area contributed by atoms with E-state index in [1.807, 2.05) is 6.07 Å². The molecule has 19 heavy (non-hydrogen) atoms. The summed E-state index contributed by atoms with van der Waals surface area (Å²) < 4.78 is 26.2. The molecule has 0 aliphatic rings. The fourth-order valence-electron chi connectivity index (χ4n) is 1.66. The van der Waals surface area contributed by atoms with Crippen molar-refractivity contribution in [2.75, 3.05) is 5.32 Å². The molecule has 1 amide bonds. The Kier molecular flexibility index (Phi) is 3.89. The second-order valence-electron chi connectivity index (χ2n) is 4.08. The summed E-state index contributed by atoms with van der Waals surface area (Å²) in [4.78, 5) is 11.8. The first-order valence-corrected chi connectivity index (χ1v) is 5.73. The molecule has 4 nitrogen and oxygen atoms in total. The zero-order chi connectivity index (χ0) is 13.8. The van der Waals surface area contributed by atoms with Gasteiger partial charge in [-0.3, -0.25) is 9.48 Å². The Hall–Kier alpha value is -2.24. The number of carbonyl (C=O) groups excluding carboxylic acids is 1. The van der Waals surface area contributed by atoms with Gasteiger partial charge in [0.2, 0.25) is 5.91 Å². The largest absolute Gasteiger partial charge is 0.324 e. The highest BCUT2D eigenvalue weighted by atomic mass is 19.3. The molecular formula is C13H13F2N3O. The first-order chi connectivity index (χ1) is 9.06. The predicted octanol–water partition coefficient (Wildman–Crippen LogP) is 2.77. The van der Waals surface area contributed by atoms with Gasteiger partial charge in [-0.2, -0.15) is 5.10 Å². The SMILES string of the molecule is Cc1cc(C(F)F)nn1CC(=O)Nc1ccccc1. The number of para-hydroxylation sites is 1. The number of carbonyl (C=O) groups is 1. The zero-order valence-corrected chi connectivity index (χ0v) is 10.3. The van der Waals surface area contributed by atoms with E-state index < -0.39 is 6.43 Å². The number of aromatic nitrogens is 2. The van der Waals surface area contributed by atoms with Gasteiger partial charge in [-0.15, -0.1) is 0 Å². The maximum absolute atomic E-state index is 12.5. The van der Waals surface area contributed by atoms with Gasteiger partial charge in [-0.25, -0.2) is 8.78 Å². The molecule has 2 aromatic rings. The van der Waals surface area contributed by atoms with Crippen LogP contribution in [0.3, 0.4) is 0 Å². The lowest BCUT2D eigenvalue weighted by Crippen LogP contribution is -2.20. The number of nitrogens with one attached hydrogen (secondary N) is 1. The molecule has 1 N–H and O–H groups in total. The fraction of sp³-hybridized carbons (Fsp3) is 0.231. The topological polar surface area (TPSA) is 46.9 Å². The Labute approximate surface area is 109 Å². The Morgan fingerprint density at radius 2 is 2.05 bits per heavy atom. The van der Waals surface area contributed by atoms with Crippen LogP contribution in [0.25, 0.3) is 0 Å². The summed E-state index contributed by atoms with van der Waals surface area (Å²) in [6, 6.07) is 10.2. The van der Waals surface area contributed by atoms with Gasteiger partial charge in [0, 0.05) is 11.4 Å². The first kappa shape index (κ1) is 13.2.